The van der Waals surface area contributed by atoms with Crippen molar-refractivity contribution in [3.63, 3.8) is 0 Å². The van der Waals surface area contributed by atoms with Gasteiger partial charge in [-0.1, -0.05) is 0 Å². The molecule has 1 heterocycles. The van der Waals surface area contributed by atoms with E-state index >= 15 is 0 Å². The molecule has 2 N–H and O–H groups in total. The minimum Gasteiger partial charge on any atom is -0.480 e. The first kappa shape index (κ1) is 14.7. The lowest BCUT2D eigenvalue weighted by atomic mass is 10.1. The van der Waals surface area contributed by atoms with Crippen molar-refractivity contribution in [3.05, 3.63) is 28.1 Å². The van der Waals surface area contributed by atoms with E-state index in [9.17, 15) is 19.7 Å². The average Bonchev–Trinajstić information content (AvgIpc) is 2.72. The third kappa shape index (κ3) is 3.09. The predicted molar refractivity (Wildman–Crippen MR) is 65.9 cm³/mol. The second kappa shape index (κ2) is 5.09. The van der Waals surface area contributed by atoms with Crippen molar-refractivity contribution in [1.29, 1.82) is 0 Å². The maximum Gasteiger partial charge on any atom is 0.328 e. The van der Waals surface area contributed by atoms with E-state index in [2.05, 4.69) is 5.32 Å². The normalized spacial score (nSPS) is 11.1. The van der Waals surface area contributed by atoms with Crippen molar-refractivity contribution in [2.75, 3.05) is 0 Å². The highest BCUT2D eigenvalue weighted by Crippen LogP contribution is 2.17. The van der Waals surface area contributed by atoms with Gasteiger partial charge in [0.2, 0.25) is 0 Å². The molecule has 19 heavy (non-hydrogen) atoms. The van der Waals surface area contributed by atoms with Crippen LogP contribution in [0.25, 0.3) is 0 Å². The van der Waals surface area contributed by atoms with Gasteiger partial charge in [0.15, 0.2) is 0 Å². The zero-order chi connectivity index (χ0) is 14.8. The molecule has 0 saturated carbocycles. The van der Waals surface area contributed by atoms with Crippen molar-refractivity contribution in [1.82, 2.24) is 9.88 Å². The maximum atomic E-state index is 12.0. The van der Waals surface area contributed by atoms with E-state index in [1.165, 1.54) is 24.6 Å². The van der Waals surface area contributed by atoms with Crippen LogP contribution in [0.5, 0.6) is 0 Å². The van der Waals surface area contributed by atoms with Crippen molar-refractivity contribution in [2.45, 2.75) is 32.9 Å². The fraction of sp³-hybridized carbons (Fsp3) is 0.455. The molecule has 0 aromatic carbocycles. The first-order valence-corrected chi connectivity index (χ1v) is 5.59. The molecule has 0 fully saturated rings. The van der Waals surface area contributed by atoms with Crippen molar-refractivity contribution >= 4 is 17.6 Å². The Morgan fingerprint density at radius 1 is 1.53 bits per heavy atom. The van der Waals surface area contributed by atoms with Crippen LogP contribution >= 0.6 is 0 Å². The molecule has 0 aliphatic carbocycles. The van der Waals surface area contributed by atoms with E-state index in [0.29, 0.717) is 6.54 Å². The summed E-state index contributed by atoms with van der Waals surface area (Å²) in [6.45, 7) is 4.76. The van der Waals surface area contributed by atoms with Gasteiger partial charge in [0.05, 0.1) is 11.1 Å². The highest BCUT2D eigenvalue weighted by Gasteiger charge is 2.31. The number of aromatic nitrogens is 1. The van der Waals surface area contributed by atoms with Gasteiger partial charge in [-0.3, -0.25) is 14.9 Å². The molecule has 1 rings (SSSR count). The molecular weight excluding hydrogens is 254 g/mol. The fourth-order valence-corrected chi connectivity index (χ4v) is 1.45. The molecule has 0 bridgehead atoms. The van der Waals surface area contributed by atoms with Crippen LogP contribution in [0.4, 0.5) is 5.69 Å². The second-order valence-corrected chi connectivity index (χ2v) is 4.51. The largest absolute Gasteiger partial charge is 0.480 e. The van der Waals surface area contributed by atoms with Crippen molar-refractivity contribution in [2.24, 2.45) is 0 Å². The predicted octanol–water partition coefficient (Wildman–Crippen LogP) is 1.01. The number of carbonyl (C=O) groups is 2. The molecular formula is C11H15N3O5. The maximum absolute atomic E-state index is 12.0. The Hall–Kier alpha value is -2.38. The van der Waals surface area contributed by atoms with Crippen LogP contribution in [-0.4, -0.2) is 32.0 Å². The van der Waals surface area contributed by atoms with Gasteiger partial charge in [-0.25, -0.2) is 4.79 Å². The number of hydrogen-bond donors (Lipinski definition) is 2. The minimum absolute atomic E-state index is 0.0588. The topological polar surface area (TPSA) is 114 Å². The van der Waals surface area contributed by atoms with Gasteiger partial charge in [0.1, 0.15) is 11.2 Å². The SMILES string of the molecule is CCn1cc([N+](=O)[O-])cc1C(=O)NC(C)(C)C(=O)O. The number of hydrogen-bond acceptors (Lipinski definition) is 4. The molecule has 0 radical (unpaired) electrons. The van der Waals surface area contributed by atoms with Crippen LogP contribution < -0.4 is 5.32 Å². The Morgan fingerprint density at radius 3 is 2.53 bits per heavy atom. The van der Waals surface area contributed by atoms with Gasteiger partial charge in [0.25, 0.3) is 11.6 Å². The molecule has 0 saturated heterocycles. The summed E-state index contributed by atoms with van der Waals surface area (Å²) in [5, 5.41) is 21.9. The van der Waals surface area contributed by atoms with Crippen LogP contribution in [0.15, 0.2) is 12.3 Å². The molecule has 0 unspecified atom stereocenters. The summed E-state index contributed by atoms with van der Waals surface area (Å²) in [6, 6.07) is 1.12. The first-order valence-electron chi connectivity index (χ1n) is 5.59. The Morgan fingerprint density at radius 2 is 2.11 bits per heavy atom. The number of amides is 1. The number of nitro groups is 1. The van der Waals surface area contributed by atoms with E-state index in [1.54, 1.807) is 6.92 Å². The van der Waals surface area contributed by atoms with Gasteiger partial charge in [-0.05, 0) is 20.8 Å². The Bertz CT molecular complexity index is 532. The number of nitrogens with zero attached hydrogens (tertiary/aromatic N) is 2. The number of carbonyl (C=O) groups excluding carboxylic acids is 1. The van der Waals surface area contributed by atoms with Gasteiger partial charge in [-0.15, -0.1) is 0 Å². The summed E-state index contributed by atoms with van der Waals surface area (Å²) in [4.78, 5) is 32.9. The highest BCUT2D eigenvalue weighted by molar-refractivity contribution is 5.97. The summed E-state index contributed by atoms with van der Waals surface area (Å²) < 4.78 is 1.39. The Labute approximate surface area is 109 Å². The van der Waals surface area contributed by atoms with Crippen LogP contribution in [0.1, 0.15) is 31.3 Å². The highest BCUT2D eigenvalue weighted by atomic mass is 16.6. The average molecular weight is 269 g/mol. The quantitative estimate of drug-likeness (QED) is 0.611. The molecule has 1 aromatic heterocycles. The number of rotatable bonds is 5. The lowest BCUT2D eigenvalue weighted by Crippen LogP contribution is -2.50. The van der Waals surface area contributed by atoms with Gasteiger partial charge >= 0.3 is 5.97 Å². The van der Waals surface area contributed by atoms with Crippen molar-refractivity contribution < 1.29 is 19.6 Å². The van der Waals surface area contributed by atoms with Gasteiger partial charge in [0, 0.05) is 12.6 Å². The lowest BCUT2D eigenvalue weighted by Gasteiger charge is -2.21. The molecule has 104 valence electrons. The second-order valence-electron chi connectivity index (χ2n) is 4.51. The standard InChI is InChI=1S/C11H15N3O5/c1-4-13-6-7(14(18)19)5-8(13)9(15)12-11(2,3)10(16)17/h5-6H,4H2,1-3H3,(H,12,15)(H,16,17). The lowest BCUT2D eigenvalue weighted by molar-refractivity contribution is -0.384. The van der Waals surface area contributed by atoms with Crippen LogP contribution in [0.3, 0.4) is 0 Å². The number of carboxylic acid groups (broad SMARTS) is 1. The summed E-state index contributed by atoms with van der Waals surface area (Å²) >= 11 is 0. The smallest absolute Gasteiger partial charge is 0.328 e. The van der Waals surface area contributed by atoms with Gasteiger partial charge < -0.3 is 15.0 Å². The van der Waals surface area contributed by atoms with E-state index in [1.807, 2.05) is 0 Å². The van der Waals surface area contributed by atoms with E-state index < -0.39 is 22.3 Å². The van der Waals surface area contributed by atoms with E-state index in [0.717, 1.165) is 6.07 Å². The van der Waals surface area contributed by atoms with Crippen LogP contribution in [0.2, 0.25) is 0 Å². The third-order valence-electron chi connectivity index (χ3n) is 2.63. The summed E-state index contributed by atoms with van der Waals surface area (Å²) in [5.74, 6) is -1.85. The number of aryl methyl sites for hydroxylation is 1. The number of aliphatic carboxylic acids is 1. The number of nitrogens with one attached hydrogen (secondary N) is 1. The summed E-state index contributed by atoms with van der Waals surface area (Å²) in [5.41, 5.74) is -1.60. The molecule has 8 heteroatoms. The summed E-state index contributed by atoms with van der Waals surface area (Å²) in [7, 11) is 0. The summed E-state index contributed by atoms with van der Waals surface area (Å²) in [6.07, 6.45) is 1.24. The molecule has 0 atom stereocenters. The molecule has 1 amide bonds. The monoisotopic (exact) mass is 269 g/mol. The van der Waals surface area contributed by atoms with Crippen LogP contribution in [0, 0.1) is 10.1 Å². The zero-order valence-electron chi connectivity index (χ0n) is 10.8. The first-order chi connectivity index (χ1) is 8.69. The number of carboxylic acids is 1. The molecule has 0 aliphatic heterocycles. The van der Waals surface area contributed by atoms with Crippen molar-refractivity contribution in [3.8, 4) is 0 Å². The van der Waals surface area contributed by atoms with Gasteiger partial charge in [-0.2, -0.15) is 0 Å². The Kier molecular flexibility index (Phi) is 3.93. The van der Waals surface area contributed by atoms with E-state index in [4.69, 9.17) is 5.11 Å². The minimum atomic E-state index is -1.45. The molecule has 0 spiro atoms. The Balaban J connectivity index is 3.06. The fourth-order valence-electron chi connectivity index (χ4n) is 1.45. The molecule has 0 aliphatic rings. The zero-order valence-corrected chi connectivity index (χ0v) is 10.8. The van der Waals surface area contributed by atoms with E-state index in [-0.39, 0.29) is 11.4 Å². The van der Waals surface area contributed by atoms with Crippen LogP contribution in [-0.2, 0) is 11.3 Å². The third-order valence-corrected chi connectivity index (χ3v) is 2.63. The molecule has 8 nitrogen and oxygen atoms in total. The molecule has 1 aromatic rings.